The SMILES string of the molecule is Cc1cc([C@@H](C)Nc2ccc(Cl)nc2C(=O)O)c2nc(N3CCN(c4cccnc4)CC3)c(C#N)nc2c1. The zero-order chi connectivity index (χ0) is 26.8. The molecule has 4 aromatic rings. The van der Waals surface area contributed by atoms with E-state index in [-0.39, 0.29) is 22.6 Å². The number of nitriles is 1. The third-order valence-corrected chi connectivity index (χ3v) is 6.73. The van der Waals surface area contributed by atoms with Crippen LogP contribution in [0.3, 0.4) is 0 Å². The Morgan fingerprint density at radius 2 is 1.89 bits per heavy atom. The number of fused-ring (bicyclic) bond motifs is 1. The number of anilines is 3. The summed E-state index contributed by atoms with van der Waals surface area (Å²) in [4.78, 5) is 33.9. The number of piperazine rings is 1. The standard InChI is InChI=1S/C27H25ClN8O2/c1-16-12-19(17(2)31-20-5-6-23(28)33-25(20)27(37)38)24-21(13-16)32-22(14-29)26(34-24)36-10-8-35(9-11-36)18-4-3-7-30-15-18/h3-7,12-13,15,17,31H,8-11H2,1-2H3,(H,37,38)/t17-/m1/s1. The molecule has 0 amide bonds. The van der Waals surface area contributed by atoms with Crippen LogP contribution in [0.25, 0.3) is 11.0 Å². The van der Waals surface area contributed by atoms with Crippen molar-refractivity contribution in [3.63, 3.8) is 0 Å². The number of rotatable bonds is 6. The molecule has 10 nitrogen and oxygen atoms in total. The van der Waals surface area contributed by atoms with Gasteiger partial charge >= 0.3 is 5.97 Å². The lowest BCUT2D eigenvalue weighted by molar-refractivity contribution is 0.0691. The van der Waals surface area contributed by atoms with Crippen LogP contribution in [0.15, 0.2) is 48.8 Å². The van der Waals surface area contributed by atoms with E-state index in [2.05, 4.69) is 36.1 Å². The van der Waals surface area contributed by atoms with Gasteiger partial charge < -0.3 is 20.2 Å². The monoisotopic (exact) mass is 528 g/mol. The number of aromatic carboxylic acids is 1. The number of nitrogens with one attached hydrogen (secondary N) is 1. The van der Waals surface area contributed by atoms with Crippen molar-refractivity contribution in [2.45, 2.75) is 19.9 Å². The van der Waals surface area contributed by atoms with E-state index in [0.29, 0.717) is 35.6 Å². The number of aryl methyl sites for hydroxylation is 1. The molecule has 38 heavy (non-hydrogen) atoms. The maximum absolute atomic E-state index is 11.7. The van der Waals surface area contributed by atoms with E-state index >= 15 is 0 Å². The fourth-order valence-electron chi connectivity index (χ4n) is 4.69. The van der Waals surface area contributed by atoms with Gasteiger partial charge in [-0.25, -0.2) is 19.7 Å². The molecular formula is C27H25ClN8O2. The number of aromatic nitrogens is 4. The van der Waals surface area contributed by atoms with Crippen LogP contribution in [0.2, 0.25) is 5.15 Å². The largest absolute Gasteiger partial charge is 0.476 e. The highest BCUT2D eigenvalue weighted by Gasteiger charge is 2.24. The molecule has 1 aromatic carbocycles. The van der Waals surface area contributed by atoms with Gasteiger partial charge in [0.1, 0.15) is 11.2 Å². The van der Waals surface area contributed by atoms with Crippen LogP contribution >= 0.6 is 11.6 Å². The molecule has 192 valence electrons. The molecule has 1 fully saturated rings. The van der Waals surface area contributed by atoms with Crippen LogP contribution < -0.4 is 15.1 Å². The highest BCUT2D eigenvalue weighted by Crippen LogP contribution is 2.31. The highest BCUT2D eigenvalue weighted by atomic mass is 35.5. The molecule has 0 spiro atoms. The minimum absolute atomic E-state index is 0.102. The molecule has 0 unspecified atom stereocenters. The summed E-state index contributed by atoms with van der Waals surface area (Å²) in [6, 6.07) is 12.9. The van der Waals surface area contributed by atoms with E-state index < -0.39 is 5.97 Å². The lowest BCUT2D eigenvalue weighted by atomic mass is 10.0. The Kier molecular flexibility index (Phi) is 6.94. The van der Waals surface area contributed by atoms with Gasteiger partial charge in [-0.15, -0.1) is 0 Å². The van der Waals surface area contributed by atoms with Gasteiger partial charge in [-0.1, -0.05) is 17.7 Å². The molecule has 4 heterocycles. The number of hydrogen-bond acceptors (Lipinski definition) is 9. The summed E-state index contributed by atoms with van der Waals surface area (Å²) in [7, 11) is 0. The topological polar surface area (TPSA) is 131 Å². The maximum atomic E-state index is 11.7. The van der Waals surface area contributed by atoms with Gasteiger partial charge in [0.15, 0.2) is 17.2 Å². The van der Waals surface area contributed by atoms with Crippen LogP contribution in [0, 0.1) is 18.3 Å². The number of carboxylic acids is 1. The Labute approximate surface area is 224 Å². The van der Waals surface area contributed by atoms with E-state index in [4.69, 9.17) is 16.6 Å². The second-order valence-electron chi connectivity index (χ2n) is 9.12. The van der Waals surface area contributed by atoms with Crippen LogP contribution in [0.5, 0.6) is 0 Å². The van der Waals surface area contributed by atoms with Gasteiger partial charge in [-0.3, -0.25) is 4.98 Å². The molecular weight excluding hydrogens is 504 g/mol. The second-order valence-corrected chi connectivity index (χ2v) is 9.50. The third kappa shape index (κ3) is 5.01. The molecule has 11 heteroatoms. The van der Waals surface area contributed by atoms with Crippen LogP contribution in [-0.4, -0.2) is 57.2 Å². The van der Waals surface area contributed by atoms with Crippen LogP contribution in [0.4, 0.5) is 17.2 Å². The van der Waals surface area contributed by atoms with Crippen molar-refractivity contribution in [2.24, 2.45) is 0 Å². The van der Waals surface area contributed by atoms with Gasteiger partial charge in [0, 0.05) is 37.9 Å². The maximum Gasteiger partial charge on any atom is 0.356 e. The van der Waals surface area contributed by atoms with Gasteiger partial charge in [-0.05, 0) is 49.7 Å². The molecule has 0 aliphatic carbocycles. The summed E-state index contributed by atoms with van der Waals surface area (Å²) in [5, 5.41) is 22.8. The van der Waals surface area contributed by atoms with Gasteiger partial charge in [0.05, 0.1) is 34.6 Å². The Hall–Kier alpha value is -4.49. The molecule has 0 radical (unpaired) electrons. The summed E-state index contributed by atoms with van der Waals surface area (Å²) in [5.74, 6) is -0.634. The summed E-state index contributed by atoms with van der Waals surface area (Å²) in [6.45, 7) is 6.74. The van der Waals surface area contributed by atoms with E-state index in [1.807, 2.05) is 44.3 Å². The van der Waals surface area contributed by atoms with Crippen molar-refractivity contribution in [3.05, 3.63) is 76.5 Å². The summed E-state index contributed by atoms with van der Waals surface area (Å²) >= 11 is 5.92. The average Bonchev–Trinajstić information content (AvgIpc) is 2.93. The van der Waals surface area contributed by atoms with E-state index in [1.165, 1.54) is 0 Å². The Bertz CT molecular complexity index is 1550. The lowest BCUT2D eigenvalue weighted by Crippen LogP contribution is -2.47. The highest BCUT2D eigenvalue weighted by molar-refractivity contribution is 6.29. The zero-order valence-corrected chi connectivity index (χ0v) is 21.6. The quantitative estimate of drug-likeness (QED) is 0.346. The minimum atomic E-state index is -1.18. The summed E-state index contributed by atoms with van der Waals surface area (Å²) < 4.78 is 0. The van der Waals surface area contributed by atoms with E-state index in [0.717, 1.165) is 29.9 Å². The molecule has 0 bridgehead atoms. The van der Waals surface area contributed by atoms with Crippen LogP contribution in [0.1, 0.15) is 40.3 Å². The van der Waals surface area contributed by atoms with Gasteiger partial charge in [-0.2, -0.15) is 5.26 Å². The van der Waals surface area contributed by atoms with Crippen molar-refractivity contribution in [3.8, 4) is 6.07 Å². The summed E-state index contributed by atoms with van der Waals surface area (Å²) in [6.07, 6.45) is 3.60. The lowest BCUT2D eigenvalue weighted by Gasteiger charge is -2.36. The number of hydrogen-bond donors (Lipinski definition) is 2. The van der Waals surface area contributed by atoms with Gasteiger partial charge in [0.2, 0.25) is 0 Å². The normalized spacial score (nSPS) is 14.3. The smallest absolute Gasteiger partial charge is 0.356 e. The fraction of sp³-hybridized carbons (Fsp3) is 0.259. The van der Waals surface area contributed by atoms with Crippen molar-refractivity contribution in [2.75, 3.05) is 41.3 Å². The molecule has 1 aliphatic rings. The fourth-order valence-corrected chi connectivity index (χ4v) is 4.84. The molecule has 1 aliphatic heterocycles. The average molecular weight is 529 g/mol. The number of halogens is 1. The zero-order valence-electron chi connectivity index (χ0n) is 20.9. The van der Waals surface area contributed by atoms with Crippen molar-refractivity contribution < 1.29 is 9.90 Å². The first kappa shape index (κ1) is 25.2. The first-order valence-electron chi connectivity index (χ1n) is 12.1. The summed E-state index contributed by atoms with van der Waals surface area (Å²) in [5.41, 5.74) is 4.56. The van der Waals surface area contributed by atoms with E-state index in [9.17, 15) is 15.2 Å². The van der Waals surface area contributed by atoms with Crippen molar-refractivity contribution in [1.82, 2.24) is 19.9 Å². The predicted molar refractivity (Wildman–Crippen MR) is 146 cm³/mol. The Balaban J connectivity index is 1.49. The predicted octanol–water partition coefficient (Wildman–Crippen LogP) is 4.45. The van der Waals surface area contributed by atoms with Gasteiger partial charge in [0.25, 0.3) is 0 Å². The number of carbonyl (C=O) groups is 1. The first-order valence-corrected chi connectivity index (χ1v) is 12.5. The van der Waals surface area contributed by atoms with E-state index in [1.54, 1.807) is 18.3 Å². The number of carboxylic acid groups (broad SMARTS) is 1. The molecule has 1 saturated heterocycles. The molecule has 2 N–H and O–H groups in total. The number of benzene rings is 1. The van der Waals surface area contributed by atoms with Crippen molar-refractivity contribution >= 4 is 45.8 Å². The van der Waals surface area contributed by atoms with Crippen LogP contribution in [-0.2, 0) is 0 Å². The molecule has 5 rings (SSSR count). The molecule has 1 atom stereocenters. The Morgan fingerprint density at radius 3 is 2.58 bits per heavy atom. The first-order chi connectivity index (χ1) is 18.3. The Morgan fingerprint density at radius 1 is 1.13 bits per heavy atom. The third-order valence-electron chi connectivity index (χ3n) is 6.52. The molecule has 3 aromatic heterocycles. The van der Waals surface area contributed by atoms with Crippen molar-refractivity contribution in [1.29, 1.82) is 5.26 Å². The number of pyridine rings is 2. The second kappa shape index (κ2) is 10.5. The number of nitrogens with zero attached hydrogens (tertiary/aromatic N) is 7. The minimum Gasteiger partial charge on any atom is -0.476 e. The molecule has 0 saturated carbocycles.